The van der Waals surface area contributed by atoms with Crippen molar-refractivity contribution in [3.63, 3.8) is 0 Å². The summed E-state index contributed by atoms with van der Waals surface area (Å²) in [6.45, 7) is 6.09. The smallest absolute Gasteiger partial charge is 0.307 e. The van der Waals surface area contributed by atoms with E-state index < -0.39 is 5.97 Å². The molecule has 0 saturated heterocycles. The minimum Gasteiger partial charge on any atom is -0.481 e. The number of rotatable bonds is 3. The Hall–Kier alpha value is -1.06. The molecule has 0 spiro atoms. The zero-order valence-electron chi connectivity index (χ0n) is 12.1. The second-order valence-corrected chi connectivity index (χ2v) is 6.82. The normalized spacial score (nSPS) is 34.4. The molecular formula is C15H25NO3. The van der Waals surface area contributed by atoms with Gasteiger partial charge in [0.1, 0.15) is 0 Å². The molecule has 0 aromatic carbocycles. The van der Waals surface area contributed by atoms with Gasteiger partial charge in [0.15, 0.2) is 0 Å². The summed E-state index contributed by atoms with van der Waals surface area (Å²) < 4.78 is 0. The summed E-state index contributed by atoms with van der Waals surface area (Å²) in [5.74, 6) is -0.452. The first-order valence-corrected chi connectivity index (χ1v) is 7.37. The highest BCUT2D eigenvalue weighted by atomic mass is 16.4. The van der Waals surface area contributed by atoms with E-state index in [1.807, 2.05) is 13.8 Å². The Labute approximate surface area is 115 Å². The molecule has 0 bridgehead atoms. The maximum Gasteiger partial charge on any atom is 0.307 e. The van der Waals surface area contributed by atoms with E-state index in [-0.39, 0.29) is 35.1 Å². The second-order valence-electron chi connectivity index (χ2n) is 6.82. The molecule has 0 radical (unpaired) electrons. The number of carboxylic acid groups (broad SMARTS) is 1. The van der Waals surface area contributed by atoms with Gasteiger partial charge >= 0.3 is 5.97 Å². The van der Waals surface area contributed by atoms with Gasteiger partial charge in [-0.1, -0.05) is 27.2 Å². The van der Waals surface area contributed by atoms with Gasteiger partial charge in [0.2, 0.25) is 5.91 Å². The second kappa shape index (κ2) is 5.14. The van der Waals surface area contributed by atoms with Crippen LogP contribution in [0.4, 0.5) is 0 Å². The Kier molecular flexibility index (Phi) is 3.88. The molecule has 2 aliphatic rings. The SMILES string of the molecule is CC1C(NC(=O)C2CCC2)CCC(C(=O)O)C1(C)C. The molecular weight excluding hydrogens is 242 g/mol. The predicted molar refractivity (Wildman–Crippen MR) is 72.6 cm³/mol. The van der Waals surface area contributed by atoms with Gasteiger partial charge in [-0.15, -0.1) is 0 Å². The molecule has 4 heteroatoms. The highest BCUT2D eigenvalue weighted by molar-refractivity contribution is 5.79. The van der Waals surface area contributed by atoms with Crippen LogP contribution in [0.3, 0.4) is 0 Å². The van der Waals surface area contributed by atoms with Crippen LogP contribution in [0.15, 0.2) is 0 Å². The molecule has 108 valence electrons. The summed E-state index contributed by atoms with van der Waals surface area (Å²) >= 11 is 0. The topological polar surface area (TPSA) is 66.4 Å². The van der Waals surface area contributed by atoms with E-state index >= 15 is 0 Å². The Morgan fingerprint density at radius 2 is 1.79 bits per heavy atom. The molecule has 2 saturated carbocycles. The molecule has 0 heterocycles. The lowest BCUT2D eigenvalue weighted by molar-refractivity contribution is -0.150. The molecule has 0 aliphatic heterocycles. The molecule has 0 aromatic heterocycles. The molecule has 4 nitrogen and oxygen atoms in total. The fourth-order valence-corrected chi connectivity index (χ4v) is 3.41. The van der Waals surface area contributed by atoms with Crippen molar-refractivity contribution >= 4 is 11.9 Å². The van der Waals surface area contributed by atoms with E-state index in [9.17, 15) is 14.7 Å². The highest BCUT2D eigenvalue weighted by Crippen LogP contribution is 2.45. The minimum absolute atomic E-state index is 0.124. The molecule has 19 heavy (non-hydrogen) atoms. The number of nitrogens with one attached hydrogen (secondary N) is 1. The van der Waals surface area contributed by atoms with E-state index in [1.165, 1.54) is 0 Å². The largest absolute Gasteiger partial charge is 0.481 e. The number of carboxylic acids is 1. The minimum atomic E-state index is -0.708. The maximum atomic E-state index is 12.0. The summed E-state index contributed by atoms with van der Waals surface area (Å²) in [6, 6.07) is 0.124. The van der Waals surface area contributed by atoms with Gasteiger partial charge in [-0.05, 0) is 37.0 Å². The lowest BCUT2D eigenvalue weighted by Gasteiger charge is -2.46. The van der Waals surface area contributed by atoms with Crippen LogP contribution in [0, 0.1) is 23.2 Å². The van der Waals surface area contributed by atoms with Gasteiger partial charge in [0.05, 0.1) is 5.92 Å². The molecule has 2 N–H and O–H groups in total. The van der Waals surface area contributed by atoms with Gasteiger partial charge in [0.25, 0.3) is 0 Å². The van der Waals surface area contributed by atoms with Gasteiger partial charge in [-0.25, -0.2) is 0 Å². The first kappa shape index (κ1) is 14.4. The van der Waals surface area contributed by atoms with Gasteiger partial charge in [-0.3, -0.25) is 9.59 Å². The summed E-state index contributed by atoms with van der Waals surface area (Å²) in [6.07, 6.45) is 4.61. The third kappa shape index (κ3) is 2.63. The molecule has 1 amide bonds. The van der Waals surface area contributed by atoms with Crippen molar-refractivity contribution in [2.24, 2.45) is 23.2 Å². The lowest BCUT2D eigenvalue weighted by atomic mass is 9.61. The van der Waals surface area contributed by atoms with Crippen LogP contribution in [0.1, 0.15) is 52.9 Å². The van der Waals surface area contributed by atoms with Crippen LogP contribution in [-0.2, 0) is 9.59 Å². The van der Waals surface area contributed by atoms with Crippen LogP contribution >= 0.6 is 0 Å². The van der Waals surface area contributed by atoms with Crippen LogP contribution in [0.5, 0.6) is 0 Å². The summed E-state index contributed by atoms with van der Waals surface area (Å²) in [5.41, 5.74) is -0.276. The van der Waals surface area contributed by atoms with Crippen molar-refractivity contribution in [1.29, 1.82) is 0 Å². The van der Waals surface area contributed by atoms with Gasteiger partial charge < -0.3 is 10.4 Å². The summed E-state index contributed by atoms with van der Waals surface area (Å²) in [4.78, 5) is 23.4. The molecule has 2 aliphatic carbocycles. The molecule has 3 atom stereocenters. The van der Waals surface area contributed by atoms with Crippen molar-refractivity contribution in [3.8, 4) is 0 Å². The van der Waals surface area contributed by atoms with Gasteiger partial charge in [0, 0.05) is 12.0 Å². The Morgan fingerprint density at radius 1 is 1.16 bits per heavy atom. The lowest BCUT2D eigenvalue weighted by Crippen LogP contribution is -2.53. The first-order valence-electron chi connectivity index (χ1n) is 7.37. The molecule has 2 rings (SSSR count). The van der Waals surface area contributed by atoms with Crippen molar-refractivity contribution < 1.29 is 14.7 Å². The summed E-state index contributed by atoms with van der Waals surface area (Å²) in [5, 5.41) is 12.5. The zero-order chi connectivity index (χ0) is 14.2. The van der Waals surface area contributed by atoms with Crippen molar-refractivity contribution in [2.75, 3.05) is 0 Å². The fourth-order valence-electron chi connectivity index (χ4n) is 3.41. The zero-order valence-corrected chi connectivity index (χ0v) is 12.1. The average molecular weight is 267 g/mol. The third-order valence-corrected chi connectivity index (χ3v) is 5.54. The number of amides is 1. The van der Waals surface area contributed by atoms with E-state index in [4.69, 9.17) is 0 Å². The van der Waals surface area contributed by atoms with Crippen molar-refractivity contribution in [2.45, 2.75) is 58.9 Å². The number of carbonyl (C=O) groups excluding carboxylic acids is 1. The number of carbonyl (C=O) groups is 2. The van der Waals surface area contributed by atoms with E-state index in [0.717, 1.165) is 25.7 Å². The van der Waals surface area contributed by atoms with Crippen LogP contribution < -0.4 is 5.32 Å². The van der Waals surface area contributed by atoms with Crippen LogP contribution in [0.25, 0.3) is 0 Å². The van der Waals surface area contributed by atoms with Crippen LogP contribution in [0.2, 0.25) is 0 Å². The van der Waals surface area contributed by atoms with Crippen LogP contribution in [-0.4, -0.2) is 23.0 Å². The van der Waals surface area contributed by atoms with Gasteiger partial charge in [-0.2, -0.15) is 0 Å². The van der Waals surface area contributed by atoms with Crippen molar-refractivity contribution in [1.82, 2.24) is 5.32 Å². The number of hydrogen-bond acceptors (Lipinski definition) is 2. The quantitative estimate of drug-likeness (QED) is 0.825. The molecule has 0 aromatic rings. The highest BCUT2D eigenvalue weighted by Gasteiger charge is 2.46. The van der Waals surface area contributed by atoms with E-state index in [1.54, 1.807) is 0 Å². The number of aliphatic carboxylic acids is 1. The maximum absolute atomic E-state index is 12.0. The standard InChI is InChI=1S/C15H25NO3/c1-9-12(16-13(17)10-5-4-6-10)8-7-11(14(18)19)15(9,2)3/h9-12H,4-8H2,1-3H3,(H,16,17)(H,18,19). The number of hydrogen-bond donors (Lipinski definition) is 2. The monoisotopic (exact) mass is 267 g/mol. The Balaban J connectivity index is 2.00. The predicted octanol–water partition coefficient (Wildman–Crippen LogP) is 2.43. The molecule has 2 fully saturated rings. The third-order valence-electron chi connectivity index (χ3n) is 5.54. The Bertz CT molecular complexity index is 374. The first-order chi connectivity index (χ1) is 8.84. The summed E-state index contributed by atoms with van der Waals surface area (Å²) in [7, 11) is 0. The van der Waals surface area contributed by atoms with E-state index in [2.05, 4.69) is 12.2 Å². The Morgan fingerprint density at radius 3 is 2.26 bits per heavy atom. The van der Waals surface area contributed by atoms with Crippen molar-refractivity contribution in [3.05, 3.63) is 0 Å². The molecule has 3 unspecified atom stereocenters. The van der Waals surface area contributed by atoms with E-state index in [0.29, 0.717) is 6.42 Å². The average Bonchev–Trinajstić information content (AvgIpc) is 2.21. The fraction of sp³-hybridized carbons (Fsp3) is 0.867.